The van der Waals surface area contributed by atoms with Crippen molar-refractivity contribution in [2.24, 2.45) is 5.41 Å². The Labute approximate surface area is 219 Å². The molecule has 3 rings (SSSR count). The van der Waals surface area contributed by atoms with Gasteiger partial charge in [-0.25, -0.2) is 4.98 Å². The zero-order chi connectivity index (χ0) is 27.2. The van der Waals surface area contributed by atoms with Crippen LogP contribution in [0.1, 0.15) is 45.6 Å². The molecule has 3 aromatic rings. The highest BCUT2D eigenvalue weighted by molar-refractivity contribution is 6.33. The average molecular weight is 536 g/mol. The number of benzene rings is 2. The van der Waals surface area contributed by atoms with Crippen molar-refractivity contribution in [2.75, 3.05) is 13.7 Å². The molecule has 6 nitrogen and oxygen atoms in total. The highest BCUT2D eigenvalue weighted by Gasteiger charge is 2.51. The molecule has 0 N–H and O–H groups in total. The maximum Gasteiger partial charge on any atom is 0.400 e. The number of halogens is 4. The first kappa shape index (κ1) is 28.4. The summed E-state index contributed by atoms with van der Waals surface area (Å²) in [4.78, 5) is 25.5. The summed E-state index contributed by atoms with van der Waals surface area (Å²) in [5, 5.41) is 0.338. The van der Waals surface area contributed by atoms with Gasteiger partial charge in [0.25, 0.3) is 0 Å². The third kappa shape index (κ3) is 6.97. The maximum atomic E-state index is 13.2. The van der Waals surface area contributed by atoms with Crippen molar-refractivity contribution in [1.29, 1.82) is 0 Å². The van der Waals surface area contributed by atoms with Crippen LogP contribution in [0.15, 0.2) is 42.5 Å². The lowest BCUT2D eigenvalue weighted by Gasteiger charge is -2.26. The number of Topliss-reactive ketones (excluding diaryl/α,β-unsaturated/α-hetero) is 1. The smallest absolute Gasteiger partial charge is 0.400 e. The van der Waals surface area contributed by atoms with Gasteiger partial charge in [0.2, 0.25) is 0 Å². The number of ketones is 1. The van der Waals surface area contributed by atoms with Crippen molar-refractivity contribution >= 4 is 17.4 Å². The molecule has 0 aliphatic heterocycles. The molecule has 0 saturated carbocycles. The summed E-state index contributed by atoms with van der Waals surface area (Å²) in [6.07, 6.45) is -2.78. The Bertz CT molecular complexity index is 1230. The molecule has 0 atom stereocenters. The van der Waals surface area contributed by atoms with E-state index in [1.54, 1.807) is 18.2 Å². The fourth-order valence-corrected chi connectivity index (χ4v) is 3.56. The summed E-state index contributed by atoms with van der Waals surface area (Å²) >= 11 is 6.43. The van der Waals surface area contributed by atoms with Gasteiger partial charge < -0.3 is 9.47 Å². The summed E-state index contributed by atoms with van der Waals surface area (Å²) in [5.74, 6) is 0.435. The molecule has 37 heavy (non-hydrogen) atoms. The summed E-state index contributed by atoms with van der Waals surface area (Å²) in [6, 6.07) is 12.3. The number of hydrogen-bond acceptors (Lipinski definition) is 6. The predicted molar refractivity (Wildman–Crippen MR) is 136 cm³/mol. The molecule has 0 aliphatic carbocycles. The van der Waals surface area contributed by atoms with Crippen LogP contribution in [0.4, 0.5) is 13.2 Å². The monoisotopic (exact) mass is 535 g/mol. The Balaban J connectivity index is 1.87. The van der Waals surface area contributed by atoms with E-state index in [1.807, 2.05) is 24.3 Å². The minimum Gasteiger partial charge on any atom is -0.494 e. The molecule has 0 saturated heterocycles. The van der Waals surface area contributed by atoms with Gasteiger partial charge in [0.1, 0.15) is 16.9 Å². The Kier molecular flexibility index (Phi) is 9.12. The van der Waals surface area contributed by atoms with Gasteiger partial charge in [0.05, 0.1) is 18.7 Å². The molecule has 0 fully saturated rings. The van der Waals surface area contributed by atoms with Crippen LogP contribution in [0.2, 0.25) is 5.02 Å². The van der Waals surface area contributed by atoms with Gasteiger partial charge >= 0.3 is 12.2 Å². The summed E-state index contributed by atoms with van der Waals surface area (Å²) in [5.41, 5.74) is -0.643. The van der Waals surface area contributed by atoms with E-state index in [-0.39, 0.29) is 24.7 Å². The van der Waals surface area contributed by atoms with Crippen LogP contribution >= 0.6 is 11.6 Å². The fraction of sp³-hybridized carbons (Fsp3) is 0.407. The molecule has 0 bridgehead atoms. The molecule has 1 aromatic heterocycles. The highest BCUT2D eigenvalue weighted by atomic mass is 35.5. The van der Waals surface area contributed by atoms with E-state index >= 15 is 0 Å². The number of carbonyl (C=O) groups is 1. The Hall–Kier alpha value is -3.20. The van der Waals surface area contributed by atoms with Crippen molar-refractivity contribution in [3.63, 3.8) is 0 Å². The van der Waals surface area contributed by atoms with Crippen LogP contribution in [0.25, 0.3) is 22.8 Å². The molecule has 0 radical (unpaired) electrons. The number of carbonyl (C=O) groups excluding carboxylic acids is 1. The topological polar surface area (TPSA) is 74.2 Å². The van der Waals surface area contributed by atoms with E-state index in [9.17, 15) is 18.0 Å². The standard InChI is InChI=1S/C27H29ClF3N3O3/c1-5-6-15-37-19-11-9-18(10-12-19)23-32-24(34-25(33-23)36-4)20-16-17(7-13-21(20)28)8-14-22(35)26(2,3)27(29,30)31/h7,9-13,16H,5-6,8,14-15H2,1-4H3. The molecule has 2 aromatic carbocycles. The number of methoxy groups -OCH3 is 1. The van der Waals surface area contributed by atoms with E-state index in [1.165, 1.54) is 7.11 Å². The number of alkyl halides is 3. The summed E-state index contributed by atoms with van der Waals surface area (Å²) in [6.45, 7) is 4.51. The normalized spacial score (nSPS) is 11.9. The van der Waals surface area contributed by atoms with Crippen molar-refractivity contribution in [3.05, 3.63) is 53.1 Å². The predicted octanol–water partition coefficient (Wildman–Crippen LogP) is 7.14. The number of rotatable bonds is 11. The SMILES string of the molecule is CCCCOc1ccc(-c2nc(OC)nc(-c3cc(CCC(=O)C(C)(C)C(F)(F)F)ccc3Cl)n2)cc1. The molecule has 0 amide bonds. The number of hydrogen-bond donors (Lipinski definition) is 0. The van der Waals surface area contributed by atoms with Gasteiger partial charge in [-0.3, -0.25) is 4.79 Å². The Morgan fingerprint density at radius 3 is 2.30 bits per heavy atom. The molecule has 198 valence electrons. The number of nitrogens with zero attached hydrogens (tertiary/aromatic N) is 3. The van der Waals surface area contributed by atoms with Crippen LogP contribution in [-0.4, -0.2) is 40.6 Å². The van der Waals surface area contributed by atoms with E-state index < -0.39 is 17.4 Å². The minimum atomic E-state index is -4.62. The van der Waals surface area contributed by atoms with Crippen LogP contribution in [0.3, 0.4) is 0 Å². The van der Waals surface area contributed by atoms with Gasteiger partial charge in [-0.15, -0.1) is 0 Å². The summed E-state index contributed by atoms with van der Waals surface area (Å²) < 4.78 is 50.6. The lowest BCUT2D eigenvalue weighted by molar-refractivity contribution is -0.210. The lowest BCUT2D eigenvalue weighted by atomic mass is 9.84. The van der Waals surface area contributed by atoms with Gasteiger partial charge in [0.15, 0.2) is 11.6 Å². The number of aryl methyl sites for hydroxylation is 1. The average Bonchev–Trinajstić information content (AvgIpc) is 2.87. The van der Waals surface area contributed by atoms with Crippen molar-refractivity contribution < 1.29 is 27.4 Å². The van der Waals surface area contributed by atoms with Crippen molar-refractivity contribution in [2.45, 2.75) is 52.6 Å². The molecule has 0 spiro atoms. The third-order valence-electron chi connectivity index (χ3n) is 5.99. The molecule has 1 heterocycles. The van der Waals surface area contributed by atoms with Crippen molar-refractivity contribution in [1.82, 2.24) is 15.0 Å². The van der Waals surface area contributed by atoms with Crippen LogP contribution in [-0.2, 0) is 11.2 Å². The second kappa shape index (κ2) is 11.9. The van der Waals surface area contributed by atoms with E-state index in [0.717, 1.165) is 32.4 Å². The largest absolute Gasteiger partial charge is 0.494 e. The van der Waals surface area contributed by atoms with Crippen molar-refractivity contribution in [3.8, 4) is 34.5 Å². The van der Waals surface area contributed by atoms with Crippen LogP contribution < -0.4 is 9.47 Å². The number of ether oxygens (including phenoxy) is 2. The van der Waals surface area contributed by atoms with Crippen LogP contribution in [0, 0.1) is 5.41 Å². The minimum absolute atomic E-state index is 0.0758. The zero-order valence-corrected chi connectivity index (χ0v) is 21.9. The van der Waals surface area contributed by atoms with E-state index in [2.05, 4.69) is 21.9 Å². The van der Waals surface area contributed by atoms with Gasteiger partial charge in [0, 0.05) is 17.5 Å². The first-order chi connectivity index (χ1) is 17.5. The first-order valence-electron chi connectivity index (χ1n) is 11.9. The summed E-state index contributed by atoms with van der Waals surface area (Å²) in [7, 11) is 1.43. The van der Waals surface area contributed by atoms with E-state index in [0.29, 0.717) is 34.1 Å². The second-order valence-electron chi connectivity index (χ2n) is 9.06. The van der Waals surface area contributed by atoms with Gasteiger partial charge in [-0.2, -0.15) is 23.1 Å². The van der Waals surface area contributed by atoms with E-state index in [4.69, 9.17) is 21.1 Å². The van der Waals surface area contributed by atoms with Crippen LogP contribution in [0.5, 0.6) is 11.8 Å². The Morgan fingerprint density at radius 1 is 1.00 bits per heavy atom. The molecule has 0 aliphatic rings. The third-order valence-corrected chi connectivity index (χ3v) is 6.32. The van der Waals surface area contributed by atoms with Gasteiger partial charge in [-0.1, -0.05) is 31.0 Å². The highest BCUT2D eigenvalue weighted by Crippen LogP contribution is 2.39. The zero-order valence-electron chi connectivity index (χ0n) is 21.2. The lowest BCUT2D eigenvalue weighted by Crippen LogP contribution is -2.39. The number of unbranched alkanes of at least 4 members (excludes halogenated alkanes) is 1. The quantitative estimate of drug-likeness (QED) is 0.243. The molecular formula is C27H29ClF3N3O3. The molecular weight excluding hydrogens is 507 g/mol. The molecule has 0 unspecified atom stereocenters. The fourth-order valence-electron chi connectivity index (χ4n) is 3.36. The first-order valence-corrected chi connectivity index (χ1v) is 12.3. The number of aromatic nitrogens is 3. The second-order valence-corrected chi connectivity index (χ2v) is 9.46. The van der Waals surface area contributed by atoms with Gasteiger partial charge in [-0.05, 0) is 68.7 Å². The Morgan fingerprint density at radius 2 is 1.68 bits per heavy atom. The maximum absolute atomic E-state index is 13.2. The molecule has 10 heteroatoms.